The maximum atomic E-state index is 9.53. The minimum atomic E-state index is -0.214. The summed E-state index contributed by atoms with van der Waals surface area (Å²) < 4.78 is 0. The molecule has 0 aromatic heterocycles. The fraction of sp³-hybridized carbons (Fsp3) is 0.455. The summed E-state index contributed by atoms with van der Waals surface area (Å²) in [5.74, 6) is 0.290. The third kappa shape index (κ3) is 3.56. The van der Waals surface area contributed by atoms with E-state index in [0.717, 1.165) is 18.4 Å². The van der Waals surface area contributed by atoms with Crippen molar-refractivity contribution >= 4 is 11.6 Å². The van der Waals surface area contributed by atoms with Crippen LogP contribution in [-0.4, -0.2) is 10.6 Å². The van der Waals surface area contributed by atoms with E-state index < -0.39 is 0 Å². The highest BCUT2D eigenvalue weighted by molar-refractivity contribution is 6.30. The van der Waals surface area contributed by atoms with E-state index in [-0.39, 0.29) is 5.54 Å². The molecule has 1 rings (SSSR count). The molecule has 0 atom stereocenters. The van der Waals surface area contributed by atoms with Crippen LogP contribution >= 0.6 is 11.6 Å². The van der Waals surface area contributed by atoms with Gasteiger partial charge in [0, 0.05) is 10.6 Å². The van der Waals surface area contributed by atoms with Crippen molar-refractivity contribution < 1.29 is 5.11 Å². The van der Waals surface area contributed by atoms with E-state index in [2.05, 4.69) is 0 Å². The molecule has 0 spiro atoms. The third-order valence-corrected chi connectivity index (χ3v) is 2.32. The predicted molar refractivity (Wildman–Crippen MR) is 59.7 cm³/mol. The van der Waals surface area contributed by atoms with Crippen molar-refractivity contribution in [3.8, 4) is 5.75 Å². The maximum Gasteiger partial charge on any atom is 0.118 e. The highest BCUT2D eigenvalue weighted by Gasteiger charge is 2.12. The molecule has 0 heterocycles. The first-order valence-corrected chi connectivity index (χ1v) is 5.02. The van der Waals surface area contributed by atoms with Crippen molar-refractivity contribution in [1.29, 1.82) is 0 Å². The second-order valence-electron chi connectivity index (χ2n) is 4.26. The van der Waals surface area contributed by atoms with E-state index >= 15 is 0 Å². The number of hydrogen-bond acceptors (Lipinski definition) is 2. The Morgan fingerprint density at radius 1 is 1.43 bits per heavy atom. The highest BCUT2D eigenvalue weighted by Crippen LogP contribution is 2.24. The van der Waals surface area contributed by atoms with Crippen molar-refractivity contribution in [1.82, 2.24) is 0 Å². The van der Waals surface area contributed by atoms with Gasteiger partial charge in [-0.1, -0.05) is 11.6 Å². The lowest BCUT2D eigenvalue weighted by Gasteiger charge is -2.18. The maximum absolute atomic E-state index is 9.53. The lowest BCUT2D eigenvalue weighted by atomic mass is 9.96. The summed E-state index contributed by atoms with van der Waals surface area (Å²) in [5.41, 5.74) is 6.50. The fourth-order valence-electron chi connectivity index (χ4n) is 1.21. The summed E-state index contributed by atoms with van der Waals surface area (Å²) >= 11 is 5.82. The van der Waals surface area contributed by atoms with Crippen LogP contribution in [-0.2, 0) is 6.42 Å². The van der Waals surface area contributed by atoms with Crippen molar-refractivity contribution in [2.24, 2.45) is 5.73 Å². The van der Waals surface area contributed by atoms with Crippen LogP contribution in [0.1, 0.15) is 25.8 Å². The predicted octanol–water partition coefficient (Wildman–Crippen LogP) is 2.72. The SMILES string of the molecule is CC(C)(N)CCc1cc(Cl)ccc1O. The Bertz CT molecular complexity index is 318. The molecule has 0 saturated heterocycles. The summed E-state index contributed by atoms with van der Waals surface area (Å²) in [5, 5.41) is 10.2. The lowest BCUT2D eigenvalue weighted by molar-refractivity contribution is 0.448. The Hall–Kier alpha value is -0.730. The average Bonchev–Trinajstić information content (AvgIpc) is 2.05. The molecule has 1 aromatic carbocycles. The van der Waals surface area contributed by atoms with Crippen LogP contribution in [0.25, 0.3) is 0 Å². The number of rotatable bonds is 3. The minimum Gasteiger partial charge on any atom is -0.508 e. The largest absolute Gasteiger partial charge is 0.508 e. The molecule has 14 heavy (non-hydrogen) atoms. The Morgan fingerprint density at radius 3 is 2.64 bits per heavy atom. The molecule has 0 radical (unpaired) electrons. The van der Waals surface area contributed by atoms with Gasteiger partial charge in [-0.3, -0.25) is 0 Å². The van der Waals surface area contributed by atoms with Gasteiger partial charge in [0.1, 0.15) is 5.75 Å². The first kappa shape index (κ1) is 11.3. The van der Waals surface area contributed by atoms with Gasteiger partial charge >= 0.3 is 0 Å². The number of aryl methyl sites for hydroxylation is 1. The van der Waals surface area contributed by atoms with Crippen LogP contribution in [0, 0.1) is 0 Å². The van der Waals surface area contributed by atoms with Gasteiger partial charge in [0.2, 0.25) is 0 Å². The number of nitrogens with two attached hydrogens (primary N) is 1. The third-order valence-electron chi connectivity index (χ3n) is 2.08. The average molecular weight is 214 g/mol. The van der Waals surface area contributed by atoms with Crippen molar-refractivity contribution in [3.05, 3.63) is 28.8 Å². The molecule has 0 amide bonds. The van der Waals surface area contributed by atoms with Gasteiger partial charge in [0.25, 0.3) is 0 Å². The van der Waals surface area contributed by atoms with Crippen LogP contribution in [0.5, 0.6) is 5.75 Å². The Balaban J connectivity index is 2.72. The summed E-state index contributed by atoms with van der Waals surface area (Å²) in [6, 6.07) is 5.07. The second kappa shape index (κ2) is 4.20. The van der Waals surface area contributed by atoms with Gasteiger partial charge in [-0.05, 0) is 50.5 Å². The van der Waals surface area contributed by atoms with Crippen LogP contribution in [0.4, 0.5) is 0 Å². The zero-order valence-corrected chi connectivity index (χ0v) is 9.30. The molecule has 2 nitrogen and oxygen atoms in total. The van der Waals surface area contributed by atoms with Crippen molar-refractivity contribution in [2.75, 3.05) is 0 Å². The second-order valence-corrected chi connectivity index (χ2v) is 4.70. The van der Waals surface area contributed by atoms with E-state index in [1.165, 1.54) is 0 Å². The van der Waals surface area contributed by atoms with Crippen molar-refractivity contribution in [3.63, 3.8) is 0 Å². The Morgan fingerprint density at radius 2 is 2.07 bits per heavy atom. The molecule has 3 heteroatoms. The van der Waals surface area contributed by atoms with Gasteiger partial charge in [0.15, 0.2) is 0 Å². The number of benzene rings is 1. The minimum absolute atomic E-state index is 0.214. The summed E-state index contributed by atoms with van der Waals surface area (Å²) in [6.45, 7) is 3.93. The number of phenols is 1. The fourth-order valence-corrected chi connectivity index (χ4v) is 1.41. The Kier molecular flexibility index (Phi) is 3.40. The molecule has 78 valence electrons. The number of aromatic hydroxyl groups is 1. The van der Waals surface area contributed by atoms with Crippen LogP contribution < -0.4 is 5.73 Å². The van der Waals surface area contributed by atoms with E-state index in [4.69, 9.17) is 17.3 Å². The highest BCUT2D eigenvalue weighted by atomic mass is 35.5. The molecule has 0 aliphatic heterocycles. The molecular weight excluding hydrogens is 198 g/mol. The van der Waals surface area contributed by atoms with E-state index in [1.54, 1.807) is 18.2 Å². The molecular formula is C11H16ClNO. The topological polar surface area (TPSA) is 46.2 Å². The standard InChI is InChI=1S/C11H16ClNO/c1-11(2,13)6-5-8-7-9(12)3-4-10(8)14/h3-4,7,14H,5-6,13H2,1-2H3. The molecule has 3 N–H and O–H groups in total. The molecule has 0 saturated carbocycles. The van der Waals surface area contributed by atoms with Gasteiger partial charge in [-0.25, -0.2) is 0 Å². The van der Waals surface area contributed by atoms with E-state index in [0.29, 0.717) is 10.8 Å². The van der Waals surface area contributed by atoms with Gasteiger partial charge in [-0.2, -0.15) is 0 Å². The molecule has 0 bridgehead atoms. The molecule has 0 aliphatic carbocycles. The monoisotopic (exact) mass is 213 g/mol. The van der Waals surface area contributed by atoms with Crippen molar-refractivity contribution in [2.45, 2.75) is 32.2 Å². The molecule has 1 aromatic rings. The first-order chi connectivity index (χ1) is 6.38. The van der Waals surface area contributed by atoms with Crippen LogP contribution in [0.15, 0.2) is 18.2 Å². The summed E-state index contributed by atoms with van der Waals surface area (Å²) in [6.07, 6.45) is 1.57. The normalized spacial score (nSPS) is 11.7. The zero-order valence-electron chi connectivity index (χ0n) is 8.55. The quantitative estimate of drug-likeness (QED) is 0.811. The van der Waals surface area contributed by atoms with Crippen LogP contribution in [0.3, 0.4) is 0 Å². The zero-order chi connectivity index (χ0) is 10.8. The smallest absolute Gasteiger partial charge is 0.118 e. The summed E-state index contributed by atoms with van der Waals surface area (Å²) in [7, 11) is 0. The van der Waals surface area contributed by atoms with E-state index in [9.17, 15) is 5.11 Å². The number of phenolic OH excluding ortho intramolecular Hbond substituents is 1. The first-order valence-electron chi connectivity index (χ1n) is 4.65. The molecule has 0 unspecified atom stereocenters. The molecule has 0 fully saturated rings. The summed E-state index contributed by atoms with van der Waals surface area (Å²) in [4.78, 5) is 0. The number of halogens is 1. The Labute approximate surface area is 89.7 Å². The van der Waals surface area contributed by atoms with Gasteiger partial charge in [-0.15, -0.1) is 0 Å². The van der Waals surface area contributed by atoms with E-state index in [1.807, 2.05) is 13.8 Å². The lowest BCUT2D eigenvalue weighted by Crippen LogP contribution is -2.32. The van der Waals surface area contributed by atoms with Crippen LogP contribution in [0.2, 0.25) is 5.02 Å². The van der Waals surface area contributed by atoms with Gasteiger partial charge < -0.3 is 10.8 Å². The van der Waals surface area contributed by atoms with Gasteiger partial charge in [0.05, 0.1) is 0 Å². The number of hydrogen-bond donors (Lipinski definition) is 2. The molecule has 0 aliphatic rings.